The zero-order valence-corrected chi connectivity index (χ0v) is 16.7. The van der Waals surface area contributed by atoms with Gasteiger partial charge in [0, 0.05) is 21.1 Å². The Morgan fingerprint density at radius 1 is 1.25 bits per heavy atom. The van der Waals surface area contributed by atoms with E-state index >= 15 is 0 Å². The molecule has 1 aromatic carbocycles. The van der Waals surface area contributed by atoms with Crippen molar-refractivity contribution in [3.05, 3.63) is 49.8 Å². The lowest BCUT2D eigenvalue weighted by Gasteiger charge is -2.46. The van der Waals surface area contributed by atoms with Gasteiger partial charge < -0.3 is 20.7 Å². The van der Waals surface area contributed by atoms with Crippen LogP contribution in [0.5, 0.6) is 0 Å². The largest absolute Gasteiger partial charge is 0.510 e. The van der Waals surface area contributed by atoms with Crippen LogP contribution >= 0.6 is 22.6 Å². The molecule has 4 N–H and O–H groups in total. The van der Waals surface area contributed by atoms with Gasteiger partial charge in [-0.05, 0) is 58.9 Å². The predicted octanol–water partition coefficient (Wildman–Crippen LogP) is 1.78. The number of nitrogens with two attached hydrogens (primary N) is 1. The van der Waals surface area contributed by atoms with Crippen molar-refractivity contribution in [1.82, 2.24) is 0 Å². The minimum absolute atomic E-state index is 0.0599. The fourth-order valence-electron chi connectivity index (χ4n) is 4.80. The number of hydrogen-bond donors (Lipinski definition) is 3. The van der Waals surface area contributed by atoms with Crippen LogP contribution in [0.15, 0.2) is 35.1 Å². The smallest absolute Gasteiger partial charge is 0.255 e. The Bertz CT molecular complexity index is 1040. The van der Waals surface area contributed by atoms with Crippen LogP contribution in [0.3, 0.4) is 0 Å². The maximum Gasteiger partial charge on any atom is 0.255 e. The molecule has 144 valence electrons. The Hall–Kier alpha value is -2.49. The van der Waals surface area contributed by atoms with Crippen LogP contribution in [0, 0.1) is 20.8 Å². The van der Waals surface area contributed by atoms with Crippen molar-refractivity contribution in [1.29, 1.82) is 0 Å². The van der Waals surface area contributed by atoms with Crippen molar-refractivity contribution < 1.29 is 29.4 Å². The number of hydrogen-bond acceptors (Lipinski definition) is 6. The quantitative estimate of drug-likeness (QED) is 0.249. The maximum atomic E-state index is 13.5. The van der Waals surface area contributed by atoms with Crippen molar-refractivity contribution in [3.63, 3.8) is 0 Å². The summed E-state index contributed by atoms with van der Waals surface area (Å²) in [6, 6.07) is 5.52. The van der Waals surface area contributed by atoms with Crippen molar-refractivity contribution in [2.45, 2.75) is 19.3 Å². The summed E-state index contributed by atoms with van der Waals surface area (Å²) in [6.45, 7) is 0. The molecule has 1 saturated carbocycles. The topological polar surface area (TPSA) is 135 Å². The molecule has 0 spiro atoms. The van der Waals surface area contributed by atoms with Crippen molar-refractivity contribution in [2.24, 2.45) is 23.0 Å². The molecule has 1 fully saturated rings. The van der Waals surface area contributed by atoms with Crippen LogP contribution in [0.4, 0.5) is 0 Å². The number of ketones is 2. The normalized spacial score (nSPS) is 29.2. The third-order valence-electron chi connectivity index (χ3n) is 6.07. The molecule has 0 saturated heterocycles. The molecule has 0 bridgehead atoms. The molecule has 8 heteroatoms. The number of carbonyl (C=O) groups is 4. The number of primary amides is 1. The van der Waals surface area contributed by atoms with Crippen LogP contribution in [0.1, 0.15) is 24.0 Å². The Morgan fingerprint density at radius 2 is 1.96 bits per heavy atom. The fourth-order valence-corrected chi connectivity index (χ4v) is 5.61. The third kappa shape index (κ3) is 2.27. The number of fused-ring (bicyclic) bond motifs is 3. The first-order chi connectivity index (χ1) is 13.2. The van der Waals surface area contributed by atoms with Gasteiger partial charge in [0.25, 0.3) is 5.91 Å². The number of benzene rings is 1. The van der Waals surface area contributed by atoms with Gasteiger partial charge >= 0.3 is 0 Å². The standard InChI is InChI=1S/C20H16INO6/c21-11-3-1-2-8-4-9-5-10-6-12(24)15(19(22)28)18(27)20(10,7-23)17(26)14(9)16(25)13(8)11/h1-3,7,9-10,25,27H,4-6H2,(H2,22,28)/t9?,10?,20-/m1/s1. The van der Waals surface area contributed by atoms with Gasteiger partial charge in [-0.15, -0.1) is 0 Å². The van der Waals surface area contributed by atoms with Gasteiger partial charge in [0.05, 0.1) is 0 Å². The molecule has 0 heterocycles. The highest BCUT2D eigenvalue weighted by atomic mass is 127. The number of aldehydes is 1. The second-order valence-electron chi connectivity index (χ2n) is 7.40. The highest BCUT2D eigenvalue weighted by Gasteiger charge is 2.61. The number of aliphatic hydroxyl groups is 2. The molecule has 4 rings (SSSR count). The van der Waals surface area contributed by atoms with E-state index in [2.05, 4.69) is 22.6 Å². The first-order valence-electron chi connectivity index (χ1n) is 8.72. The van der Waals surface area contributed by atoms with Crippen LogP contribution in [0.25, 0.3) is 5.76 Å². The SMILES string of the molecule is NC(=O)C1=C(O)[C@@]2(C=O)C(=O)C3=C(O)c4c(I)cccc4CC3CC2CC1=O. The van der Waals surface area contributed by atoms with E-state index in [1.165, 1.54) is 0 Å². The minimum atomic E-state index is -2.07. The number of allylic oxidation sites excluding steroid dienone is 2. The molecule has 0 aromatic heterocycles. The number of rotatable bonds is 2. The Morgan fingerprint density at radius 3 is 2.61 bits per heavy atom. The summed E-state index contributed by atoms with van der Waals surface area (Å²) in [5.74, 6) is -4.91. The predicted molar refractivity (Wildman–Crippen MR) is 106 cm³/mol. The molecule has 3 aliphatic carbocycles. The summed E-state index contributed by atoms with van der Waals surface area (Å²) in [6.07, 6.45) is 0.768. The van der Waals surface area contributed by atoms with Gasteiger partial charge in [0.1, 0.15) is 28.8 Å². The fraction of sp³-hybridized carbons (Fsp3) is 0.300. The average Bonchev–Trinajstić information content (AvgIpc) is 2.61. The minimum Gasteiger partial charge on any atom is -0.510 e. The van der Waals surface area contributed by atoms with Gasteiger partial charge in [-0.1, -0.05) is 12.1 Å². The van der Waals surface area contributed by atoms with Gasteiger partial charge in [-0.25, -0.2) is 0 Å². The van der Waals surface area contributed by atoms with E-state index in [1.807, 2.05) is 12.1 Å². The molecule has 0 radical (unpaired) electrons. The summed E-state index contributed by atoms with van der Waals surface area (Å²) >= 11 is 2.06. The molecule has 0 aliphatic heterocycles. The van der Waals surface area contributed by atoms with E-state index in [4.69, 9.17) is 5.73 Å². The molecule has 1 aromatic rings. The molecule has 1 amide bonds. The van der Waals surface area contributed by atoms with E-state index in [0.29, 0.717) is 12.0 Å². The second-order valence-corrected chi connectivity index (χ2v) is 8.56. The summed E-state index contributed by atoms with van der Waals surface area (Å²) in [4.78, 5) is 49.6. The number of aliphatic hydroxyl groups excluding tert-OH is 2. The van der Waals surface area contributed by atoms with Crippen LogP contribution in [-0.2, 0) is 25.6 Å². The van der Waals surface area contributed by atoms with Gasteiger partial charge in [0.2, 0.25) is 0 Å². The third-order valence-corrected chi connectivity index (χ3v) is 6.97. The van der Waals surface area contributed by atoms with E-state index < -0.39 is 40.1 Å². The molecule has 2 unspecified atom stereocenters. The Balaban J connectivity index is 1.98. The number of amides is 1. The molecule has 7 nitrogen and oxygen atoms in total. The lowest BCUT2D eigenvalue weighted by atomic mass is 9.54. The van der Waals surface area contributed by atoms with E-state index in [-0.39, 0.29) is 36.4 Å². The molecular formula is C20H16INO6. The van der Waals surface area contributed by atoms with Gasteiger partial charge in [-0.3, -0.25) is 14.4 Å². The van der Waals surface area contributed by atoms with Crippen LogP contribution < -0.4 is 5.73 Å². The second kappa shape index (κ2) is 6.26. The lowest BCUT2D eigenvalue weighted by Crippen LogP contribution is -2.54. The highest BCUT2D eigenvalue weighted by Crippen LogP contribution is 2.54. The lowest BCUT2D eigenvalue weighted by molar-refractivity contribution is -0.140. The van der Waals surface area contributed by atoms with Crippen molar-refractivity contribution >= 4 is 52.1 Å². The summed E-state index contributed by atoms with van der Waals surface area (Å²) in [7, 11) is 0. The molecular weight excluding hydrogens is 477 g/mol. The van der Waals surface area contributed by atoms with E-state index in [9.17, 15) is 29.4 Å². The number of carbonyl (C=O) groups excluding carboxylic acids is 4. The monoisotopic (exact) mass is 493 g/mol. The number of halogens is 1. The molecule has 3 atom stereocenters. The molecule has 3 aliphatic rings. The van der Waals surface area contributed by atoms with Crippen molar-refractivity contribution in [2.75, 3.05) is 0 Å². The first kappa shape index (κ1) is 18.9. The van der Waals surface area contributed by atoms with Crippen LogP contribution in [-0.4, -0.2) is 34.0 Å². The van der Waals surface area contributed by atoms with Gasteiger partial charge in [0.15, 0.2) is 11.6 Å². The Kier molecular flexibility index (Phi) is 4.22. The van der Waals surface area contributed by atoms with E-state index in [1.54, 1.807) is 6.07 Å². The Labute approximate surface area is 173 Å². The van der Waals surface area contributed by atoms with E-state index in [0.717, 1.165) is 9.13 Å². The zero-order chi connectivity index (χ0) is 20.4. The van der Waals surface area contributed by atoms with Crippen molar-refractivity contribution in [3.8, 4) is 0 Å². The summed E-state index contributed by atoms with van der Waals surface area (Å²) in [5, 5.41) is 21.6. The zero-order valence-electron chi connectivity index (χ0n) is 14.6. The average molecular weight is 493 g/mol. The van der Waals surface area contributed by atoms with Gasteiger partial charge in [-0.2, -0.15) is 0 Å². The maximum absolute atomic E-state index is 13.5. The molecule has 28 heavy (non-hydrogen) atoms. The van der Waals surface area contributed by atoms with Crippen LogP contribution in [0.2, 0.25) is 0 Å². The first-order valence-corrected chi connectivity index (χ1v) is 9.80. The number of Topliss-reactive ketones (excluding diaryl/α,β-unsaturated/α-hetero) is 2. The highest BCUT2D eigenvalue weighted by molar-refractivity contribution is 14.1. The summed E-state index contributed by atoms with van der Waals surface area (Å²) in [5.41, 5.74) is 3.90. The summed E-state index contributed by atoms with van der Waals surface area (Å²) < 4.78 is 0.755.